The molecule has 0 aromatic carbocycles. The quantitative estimate of drug-likeness (QED) is 0.661. The molecule has 2 aliphatic rings. The van der Waals surface area contributed by atoms with Crippen molar-refractivity contribution in [1.29, 1.82) is 0 Å². The molecule has 0 aliphatic carbocycles. The summed E-state index contributed by atoms with van der Waals surface area (Å²) in [5, 5.41) is 9.68. The van der Waals surface area contributed by atoms with Crippen LogP contribution >= 0.6 is 0 Å². The summed E-state index contributed by atoms with van der Waals surface area (Å²) in [5.74, 6) is 0. The lowest BCUT2D eigenvalue weighted by atomic mass is 9.71. The maximum atomic E-state index is 14.0. The number of hydrogen-bond acceptors (Lipinski definition) is 3. The number of fused-ring (bicyclic) bond motifs is 2. The van der Waals surface area contributed by atoms with Crippen LogP contribution in [0.4, 0.5) is 4.39 Å². The van der Waals surface area contributed by atoms with Crippen LogP contribution in [0.2, 0.25) is 6.82 Å². The lowest BCUT2D eigenvalue weighted by Crippen LogP contribution is -2.62. The van der Waals surface area contributed by atoms with Crippen molar-refractivity contribution in [1.82, 2.24) is 4.81 Å². The van der Waals surface area contributed by atoms with E-state index in [4.69, 9.17) is 0 Å². The first kappa shape index (κ1) is 11.1. The summed E-state index contributed by atoms with van der Waals surface area (Å²) in [7, 11) is 1.12. The van der Waals surface area contributed by atoms with Crippen LogP contribution < -0.4 is 0 Å². The van der Waals surface area contributed by atoms with Crippen molar-refractivity contribution in [3.8, 4) is 0 Å². The van der Waals surface area contributed by atoms with Gasteiger partial charge in [-0.15, -0.1) is 0 Å². The van der Waals surface area contributed by atoms with Crippen molar-refractivity contribution in [3.63, 3.8) is 0 Å². The summed E-state index contributed by atoms with van der Waals surface area (Å²) in [6, 6.07) is 0.130. The number of alkyl halides is 1. The van der Waals surface area contributed by atoms with E-state index in [1.54, 1.807) is 13.9 Å². The molecule has 3 nitrogen and oxygen atoms in total. The Balaban J connectivity index is 2.24. The van der Waals surface area contributed by atoms with Gasteiger partial charge in [0.1, 0.15) is 0 Å². The predicted octanol–water partition coefficient (Wildman–Crippen LogP) is 1.13. The minimum Gasteiger partial charge on any atom is -0.437 e. The number of rotatable bonds is 1. The first-order chi connectivity index (χ1) is 7.15. The van der Waals surface area contributed by atoms with Crippen LogP contribution in [0.15, 0.2) is 4.99 Å². The molecule has 2 fully saturated rings. The number of nitrogens with zero attached hydrogens (tertiary/aromatic N) is 2. The van der Waals surface area contributed by atoms with Gasteiger partial charge in [-0.05, 0) is 19.7 Å². The Labute approximate surface area is 90.5 Å². The molecule has 1 N–H and O–H groups in total. The second-order valence-corrected chi connectivity index (χ2v) is 4.55. The Morgan fingerprint density at radius 2 is 2.27 bits per heavy atom. The van der Waals surface area contributed by atoms with Crippen LogP contribution in [0.25, 0.3) is 0 Å². The highest BCUT2D eigenvalue weighted by molar-refractivity contribution is 6.45. The van der Waals surface area contributed by atoms with E-state index >= 15 is 0 Å². The highest BCUT2D eigenvalue weighted by Gasteiger charge is 2.45. The standard InChI is InChI=1S/C10H18BFN2O/c1-11(15)14-7-4-3-5-9(14)10(12)8(6-7)13-2/h7,9-10,15H,3-6H2,1-2H3/t7?,9?,10-/m1/s1. The van der Waals surface area contributed by atoms with Gasteiger partial charge in [0.2, 0.25) is 0 Å². The van der Waals surface area contributed by atoms with E-state index in [0.717, 1.165) is 19.3 Å². The normalized spacial score (nSPS) is 39.5. The highest BCUT2D eigenvalue weighted by atomic mass is 19.1. The molecular formula is C10H18BFN2O. The number of aliphatic imine (C=N–C) groups is 1. The van der Waals surface area contributed by atoms with Gasteiger partial charge in [-0.2, -0.15) is 0 Å². The van der Waals surface area contributed by atoms with Gasteiger partial charge in [-0.25, -0.2) is 4.39 Å². The smallest absolute Gasteiger partial charge is 0.376 e. The third kappa shape index (κ3) is 1.83. The molecule has 3 atom stereocenters. The molecule has 2 saturated heterocycles. The SMILES string of the molecule is CN=C1CC2CCCC([C@@H]1F)N2B(C)O. The zero-order chi connectivity index (χ0) is 11.0. The van der Waals surface area contributed by atoms with Gasteiger partial charge in [-0.1, -0.05) is 6.42 Å². The molecule has 84 valence electrons. The maximum absolute atomic E-state index is 14.0. The van der Waals surface area contributed by atoms with Crippen molar-refractivity contribution in [2.75, 3.05) is 7.05 Å². The Hall–Kier alpha value is -0.415. The highest BCUT2D eigenvalue weighted by Crippen LogP contribution is 2.34. The van der Waals surface area contributed by atoms with E-state index in [9.17, 15) is 9.41 Å². The van der Waals surface area contributed by atoms with Crippen LogP contribution in [0.3, 0.4) is 0 Å². The largest absolute Gasteiger partial charge is 0.437 e. The monoisotopic (exact) mass is 212 g/mol. The minimum absolute atomic E-state index is 0.156. The zero-order valence-corrected chi connectivity index (χ0v) is 9.36. The second kappa shape index (κ2) is 4.22. The molecule has 15 heavy (non-hydrogen) atoms. The molecule has 5 heteroatoms. The molecule has 0 aromatic rings. The first-order valence-electron chi connectivity index (χ1n) is 5.70. The molecule has 2 bridgehead atoms. The fraction of sp³-hybridized carbons (Fsp3) is 0.900. The third-order valence-corrected chi connectivity index (χ3v) is 3.66. The number of piperidine rings is 2. The first-order valence-corrected chi connectivity index (χ1v) is 5.70. The van der Waals surface area contributed by atoms with Crippen LogP contribution in [0.1, 0.15) is 25.7 Å². The average Bonchev–Trinajstić information content (AvgIpc) is 2.22. The third-order valence-electron chi connectivity index (χ3n) is 3.66. The summed E-state index contributed by atoms with van der Waals surface area (Å²) in [6.07, 6.45) is 2.64. The van der Waals surface area contributed by atoms with E-state index in [1.165, 1.54) is 0 Å². The molecule has 0 aromatic heterocycles. The summed E-state index contributed by atoms with van der Waals surface area (Å²) in [6.45, 7) is 1.73. The van der Waals surface area contributed by atoms with E-state index < -0.39 is 13.2 Å². The molecular weight excluding hydrogens is 194 g/mol. The summed E-state index contributed by atoms with van der Waals surface area (Å²) in [4.78, 5) is 5.97. The second-order valence-electron chi connectivity index (χ2n) is 4.55. The van der Waals surface area contributed by atoms with Crippen LogP contribution in [-0.4, -0.2) is 47.9 Å². The van der Waals surface area contributed by atoms with Crippen LogP contribution in [0.5, 0.6) is 0 Å². The summed E-state index contributed by atoms with van der Waals surface area (Å²) >= 11 is 0. The van der Waals surface area contributed by atoms with E-state index in [0.29, 0.717) is 12.1 Å². The predicted molar refractivity (Wildman–Crippen MR) is 60.0 cm³/mol. The van der Waals surface area contributed by atoms with Gasteiger partial charge in [0.25, 0.3) is 0 Å². The van der Waals surface area contributed by atoms with Gasteiger partial charge in [-0.3, -0.25) is 4.99 Å². The van der Waals surface area contributed by atoms with Crippen molar-refractivity contribution in [3.05, 3.63) is 0 Å². The molecule has 0 amide bonds. The fourth-order valence-corrected chi connectivity index (χ4v) is 3.01. The lowest BCUT2D eigenvalue weighted by molar-refractivity contribution is 0.0947. The van der Waals surface area contributed by atoms with Gasteiger partial charge in [0.15, 0.2) is 6.17 Å². The van der Waals surface area contributed by atoms with Crippen molar-refractivity contribution in [2.45, 2.75) is 50.8 Å². The number of halogens is 1. The molecule has 2 unspecified atom stereocenters. The van der Waals surface area contributed by atoms with Gasteiger partial charge in [0, 0.05) is 31.3 Å². The van der Waals surface area contributed by atoms with Crippen molar-refractivity contribution < 1.29 is 9.41 Å². The zero-order valence-electron chi connectivity index (χ0n) is 9.36. The van der Waals surface area contributed by atoms with Crippen molar-refractivity contribution in [2.24, 2.45) is 4.99 Å². The minimum atomic E-state index is -0.985. The number of hydrogen-bond donors (Lipinski definition) is 1. The lowest BCUT2D eigenvalue weighted by Gasteiger charge is -2.48. The molecule has 2 rings (SSSR count). The van der Waals surface area contributed by atoms with Gasteiger partial charge >= 0.3 is 7.05 Å². The molecule has 0 spiro atoms. The van der Waals surface area contributed by atoms with E-state index in [1.807, 2.05) is 4.81 Å². The average molecular weight is 212 g/mol. The molecule has 2 heterocycles. The summed E-state index contributed by atoms with van der Waals surface area (Å²) in [5.41, 5.74) is 0.682. The molecule has 0 radical (unpaired) electrons. The van der Waals surface area contributed by atoms with Gasteiger partial charge < -0.3 is 9.83 Å². The van der Waals surface area contributed by atoms with Gasteiger partial charge in [0.05, 0.1) is 0 Å². The summed E-state index contributed by atoms with van der Waals surface area (Å²) < 4.78 is 14.0. The Morgan fingerprint density at radius 1 is 1.53 bits per heavy atom. The van der Waals surface area contributed by atoms with Crippen LogP contribution in [0, 0.1) is 0 Å². The topological polar surface area (TPSA) is 35.8 Å². The van der Waals surface area contributed by atoms with E-state index in [-0.39, 0.29) is 12.1 Å². The molecule has 2 aliphatic heterocycles. The molecule has 0 saturated carbocycles. The van der Waals surface area contributed by atoms with Crippen LogP contribution in [-0.2, 0) is 0 Å². The van der Waals surface area contributed by atoms with E-state index in [2.05, 4.69) is 4.99 Å². The Kier molecular flexibility index (Phi) is 3.12. The maximum Gasteiger partial charge on any atom is 0.376 e. The Bertz CT molecular complexity index is 272. The fourth-order valence-electron chi connectivity index (χ4n) is 3.01. The van der Waals surface area contributed by atoms with Crippen molar-refractivity contribution >= 4 is 12.8 Å². The Morgan fingerprint density at radius 3 is 2.87 bits per heavy atom.